The first-order chi connectivity index (χ1) is 4.93. The molecule has 0 bridgehead atoms. The van der Waals surface area contributed by atoms with Gasteiger partial charge in [-0.25, -0.2) is 0 Å². The van der Waals surface area contributed by atoms with Crippen LogP contribution in [-0.2, 0) is 5.75 Å². The van der Waals surface area contributed by atoms with Gasteiger partial charge in [-0.05, 0) is 11.3 Å². The van der Waals surface area contributed by atoms with E-state index in [1.54, 1.807) is 0 Å². The number of hydrogen-bond acceptors (Lipinski definition) is 1. The molecule has 1 rings (SSSR count). The number of hydrogen-bond donors (Lipinski definition) is 0. The van der Waals surface area contributed by atoms with E-state index in [1.165, 1.54) is 11.3 Å². The van der Waals surface area contributed by atoms with Gasteiger partial charge in [0.2, 0.25) is 0 Å². The van der Waals surface area contributed by atoms with Crippen LogP contribution in [0.25, 0.3) is 0 Å². The van der Waals surface area contributed by atoms with Crippen LogP contribution >= 0.6 is 11.8 Å². The molecular weight excluding hydrogens is 147 g/mol. The third-order valence-electron chi connectivity index (χ3n) is 1.32. The Labute approximate surface area is 86.4 Å². The van der Waals surface area contributed by atoms with Crippen LogP contribution in [0.4, 0.5) is 0 Å². The minimum absolute atomic E-state index is 0. The van der Waals surface area contributed by atoms with Gasteiger partial charge in [-0.2, -0.15) is 11.8 Å². The third-order valence-corrected chi connectivity index (χ3v) is 2.26. The van der Waals surface area contributed by atoms with Crippen molar-refractivity contribution in [2.45, 2.75) is 12.7 Å². The van der Waals surface area contributed by atoms with E-state index in [-0.39, 0.29) is 20.3 Å². The average Bonchev–Trinajstić information content (AvgIpc) is 2.03. The summed E-state index contributed by atoms with van der Waals surface area (Å²) >= 11 is 1.96. The molecule has 0 aliphatic rings. The van der Waals surface area contributed by atoms with Gasteiger partial charge in [-0.3, -0.25) is 0 Å². The standard InChI is InChI=1S/C9H12S.Li.H/c1-2-10-8-9-6-4-3-5-7-9;;/h3-7H,2,8H2,1H3;;/q;+1;-1. The zero-order chi connectivity index (χ0) is 7.23. The molecule has 0 heterocycles. The SMILES string of the molecule is CCSCc1ccccc1.[H-].[Li+]. The summed E-state index contributed by atoms with van der Waals surface area (Å²) in [7, 11) is 0. The van der Waals surface area contributed by atoms with Gasteiger partial charge in [0.25, 0.3) is 0 Å². The van der Waals surface area contributed by atoms with Crippen molar-refractivity contribution in [3.05, 3.63) is 35.9 Å². The van der Waals surface area contributed by atoms with Gasteiger partial charge in [-0.15, -0.1) is 0 Å². The van der Waals surface area contributed by atoms with Crippen LogP contribution in [0.2, 0.25) is 0 Å². The molecule has 0 radical (unpaired) electrons. The van der Waals surface area contributed by atoms with E-state index in [1.807, 2.05) is 11.8 Å². The van der Waals surface area contributed by atoms with Gasteiger partial charge in [0.1, 0.15) is 0 Å². The first-order valence-electron chi connectivity index (χ1n) is 3.55. The summed E-state index contributed by atoms with van der Waals surface area (Å²) in [6.45, 7) is 2.19. The molecule has 0 nitrogen and oxygen atoms in total. The fraction of sp³-hybridized carbons (Fsp3) is 0.333. The summed E-state index contributed by atoms with van der Waals surface area (Å²) in [5.74, 6) is 2.35. The topological polar surface area (TPSA) is 0 Å². The molecule has 56 valence electrons. The Balaban J connectivity index is 0. The van der Waals surface area contributed by atoms with Gasteiger partial charge in [0.05, 0.1) is 0 Å². The second kappa shape index (κ2) is 6.85. The van der Waals surface area contributed by atoms with Crippen LogP contribution in [0.5, 0.6) is 0 Å². The molecule has 1 aromatic rings. The minimum atomic E-state index is 0. The predicted molar refractivity (Wildman–Crippen MR) is 49.4 cm³/mol. The molecule has 0 amide bonds. The van der Waals surface area contributed by atoms with E-state index in [0.717, 1.165) is 5.75 Å². The van der Waals surface area contributed by atoms with E-state index in [9.17, 15) is 0 Å². The molecule has 0 unspecified atom stereocenters. The first kappa shape index (κ1) is 11.2. The smallest absolute Gasteiger partial charge is 1.00 e. The molecule has 0 N–H and O–H groups in total. The molecule has 0 atom stereocenters. The zero-order valence-electron chi connectivity index (χ0n) is 8.21. The molecule has 1 aromatic carbocycles. The van der Waals surface area contributed by atoms with E-state index in [0.29, 0.717) is 0 Å². The van der Waals surface area contributed by atoms with Crippen molar-refractivity contribution in [1.82, 2.24) is 0 Å². The van der Waals surface area contributed by atoms with Gasteiger partial charge in [0.15, 0.2) is 0 Å². The first-order valence-corrected chi connectivity index (χ1v) is 4.70. The van der Waals surface area contributed by atoms with Gasteiger partial charge >= 0.3 is 18.9 Å². The van der Waals surface area contributed by atoms with Crippen LogP contribution in [0, 0.1) is 0 Å². The Morgan fingerprint density at radius 1 is 1.27 bits per heavy atom. The molecule has 0 aliphatic carbocycles. The fourth-order valence-electron chi connectivity index (χ4n) is 0.794. The normalized spacial score (nSPS) is 8.82. The Kier molecular flexibility index (Phi) is 6.96. The van der Waals surface area contributed by atoms with Crippen LogP contribution in [0.15, 0.2) is 30.3 Å². The quantitative estimate of drug-likeness (QED) is 0.563. The maximum atomic E-state index is 2.19. The Morgan fingerprint density at radius 2 is 1.91 bits per heavy atom. The van der Waals surface area contributed by atoms with Crippen LogP contribution in [-0.4, -0.2) is 5.75 Å². The molecule has 2 heteroatoms. The summed E-state index contributed by atoms with van der Waals surface area (Å²) in [5.41, 5.74) is 1.43. The fourth-order valence-corrected chi connectivity index (χ4v) is 1.43. The summed E-state index contributed by atoms with van der Waals surface area (Å²) < 4.78 is 0. The molecule has 0 spiro atoms. The molecule has 0 saturated heterocycles. The molecular formula is C9H13LiS. The largest absolute Gasteiger partial charge is 1.00 e. The van der Waals surface area contributed by atoms with Crippen molar-refractivity contribution in [3.8, 4) is 0 Å². The Morgan fingerprint density at radius 3 is 2.45 bits per heavy atom. The molecule has 0 saturated carbocycles. The van der Waals surface area contributed by atoms with Crippen molar-refractivity contribution in [3.63, 3.8) is 0 Å². The average molecular weight is 160 g/mol. The van der Waals surface area contributed by atoms with Gasteiger partial charge < -0.3 is 1.43 Å². The third kappa shape index (κ3) is 4.58. The monoisotopic (exact) mass is 160 g/mol. The van der Waals surface area contributed by atoms with Crippen LogP contribution in [0.3, 0.4) is 0 Å². The van der Waals surface area contributed by atoms with Gasteiger partial charge in [0, 0.05) is 5.75 Å². The second-order valence-corrected chi connectivity index (χ2v) is 3.40. The van der Waals surface area contributed by atoms with Crippen molar-refractivity contribution in [2.24, 2.45) is 0 Å². The number of benzene rings is 1. The maximum absolute atomic E-state index is 2.19. The summed E-state index contributed by atoms with van der Waals surface area (Å²) in [6.07, 6.45) is 0. The van der Waals surface area contributed by atoms with Crippen molar-refractivity contribution >= 4 is 11.8 Å². The van der Waals surface area contributed by atoms with Crippen molar-refractivity contribution < 1.29 is 20.3 Å². The molecule has 11 heavy (non-hydrogen) atoms. The zero-order valence-corrected chi connectivity index (χ0v) is 8.03. The summed E-state index contributed by atoms with van der Waals surface area (Å²) in [4.78, 5) is 0. The summed E-state index contributed by atoms with van der Waals surface area (Å²) in [6, 6.07) is 10.6. The Bertz CT molecular complexity index is 179. The van der Waals surface area contributed by atoms with Gasteiger partial charge in [-0.1, -0.05) is 37.3 Å². The number of rotatable bonds is 3. The molecule has 0 fully saturated rings. The van der Waals surface area contributed by atoms with E-state index >= 15 is 0 Å². The van der Waals surface area contributed by atoms with E-state index in [2.05, 4.69) is 37.3 Å². The maximum Gasteiger partial charge on any atom is 1.00 e. The van der Waals surface area contributed by atoms with Crippen molar-refractivity contribution in [1.29, 1.82) is 0 Å². The number of thioether (sulfide) groups is 1. The van der Waals surface area contributed by atoms with E-state index < -0.39 is 0 Å². The molecule has 0 aromatic heterocycles. The minimum Gasteiger partial charge on any atom is -1.00 e. The predicted octanol–water partition coefficient (Wildman–Crippen LogP) is 0.0562. The van der Waals surface area contributed by atoms with Crippen molar-refractivity contribution in [2.75, 3.05) is 5.75 Å². The second-order valence-electron chi connectivity index (χ2n) is 2.12. The summed E-state index contributed by atoms with van der Waals surface area (Å²) in [5, 5.41) is 0. The van der Waals surface area contributed by atoms with Crippen LogP contribution < -0.4 is 18.9 Å². The Hall–Kier alpha value is 0.167. The van der Waals surface area contributed by atoms with E-state index in [4.69, 9.17) is 0 Å². The molecule has 0 aliphatic heterocycles. The van der Waals surface area contributed by atoms with Crippen LogP contribution in [0.1, 0.15) is 13.9 Å².